The summed E-state index contributed by atoms with van der Waals surface area (Å²) >= 11 is 12.1. The molecule has 1 aliphatic heterocycles. The molecule has 2 aromatic rings. The maximum atomic E-state index is 11.9. The number of H-pyrrole nitrogens is 1. The second kappa shape index (κ2) is 4.68. The average Bonchev–Trinajstić information content (AvgIpc) is 2.88. The van der Waals surface area contributed by atoms with Crippen molar-refractivity contribution in [3.63, 3.8) is 0 Å². The van der Waals surface area contributed by atoms with Gasteiger partial charge < -0.3 is 10.3 Å². The molecule has 1 fully saturated rings. The molecule has 7 heteroatoms. The van der Waals surface area contributed by atoms with Gasteiger partial charge in [0.1, 0.15) is 6.04 Å². The first-order valence-corrected chi connectivity index (χ1v) is 6.76. The summed E-state index contributed by atoms with van der Waals surface area (Å²) in [5.74, 6) is -0.238. The van der Waals surface area contributed by atoms with Crippen molar-refractivity contribution in [2.75, 3.05) is 7.05 Å². The SMILES string of the molecule is CN1C(=O)N[C@H](Cc2c[nH]c3c(Cl)cc(Cl)cc23)C1=O. The third-order valence-corrected chi connectivity index (χ3v) is 3.96. The zero-order valence-electron chi connectivity index (χ0n) is 10.5. The Bertz CT molecular complexity index is 726. The summed E-state index contributed by atoms with van der Waals surface area (Å²) in [6.07, 6.45) is 2.18. The van der Waals surface area contributed by atoms with Crippen molar-refractivity contribution in [2.45, 2.75) is 12.5 Å². The first kappa shape index (κ1) is 13.3. The molecule has 0 bridgehead atoms. The van der Waals surface area contributed by atoms with Crippen LogP contribution in [0.3, 0.4) is 0 Å². The van der Waals surface area contributed by atoms with Crippen molar-refractivity contribution >= 4 is 46.0 Å². The maximum absolute atomic E-state index is 11.9. The number of nitrogens with zero attached hydrogens (tertiary/aromatic N) is 1. The summed E-state index contributed by atoms with van der Waals surface area (Å²) in [4.78, 5) is 27.5. The van der Waals surface area contributed by atoms with Gasteiger partial charge in [0.05, 0.1) is 10.5 Å². The number of hydrogen-bond acceptors (Lipinski definition) is 2. The molecule has 1 atom stereocenters. The van der Waals surface area contributed by atoms with Gasteiger partial charge in [0.15, 0.2) is 0 Å². The molecule has 1 aromatic carbocycles. The number of carbonyl (C=O) groups is 2. The fourth-order valence-electron chi connectivity index (χ4n) is 2.38. The summed E-state index contributed by atoms with van der Waals surface area (Å²) in [6.45, 7) is 0. The summed E-state index contributed by atoms with van der Waals surface area (Å²) in [7, 11) is 1.46. The molecular formula is C13H11Cl2N3O2. The van der Waals surface area contributed by atoms with Crippen molar-refractivity contribution in [3.05, 3.63) is 33.9 Å². The van der Waals surface area contributed by atoms with Crippen LogP contribution in [-0.2, 0) is 11.2 Å². The summed E-state index contributed by atoms with van der Waals surface area (Å²) in [6, 6.07) is 2.52. The fraction of sp³-hybridized carbons (Fsp3) is 0.231. The number of urea groups is 1. The predicted octanol–water partition coefficient (Wildman–Crippen LogP) is 2.57. The molecule has 104 valence electrons. The number of fused-ring (bicyclic) bond motifs is 1. The second-order valence-electron chi connectivity index (χ2n) is 4.73. The van der Waals surface area contributed by atoms with Crippen LogP contribution in [0.25, 0.3) is 10.9 Å². The molecule has 1 aliphatic rings. The smallest absolute Gasteiger partial charge is 0.324 e. The fourth-order valence-corrected chi connectivity index (χ4v) is 2.93. The minimum Gasteiger partial charge on any atom is -0.360 e. The maximum Gasteiger partial charge on any atom is 0.324 e. The lowest BCUT2D eigenvalue weighted by molar-refractivity contribution is -0.126. The zero-order chi connectivity index (χ0) is 14.4. The molecule has 0 radical (unpaired) electrons. The van der Waals surface area contributed by atoms with Crippen LogP contribution in [0.1, 0.15) is 5.56 Å². The van der Waals surface area contributed by atoms with E-state index in [9.17, 15) is 9.59 Å². The lowest BCUT2D eigenvalue weighted by Gasteiger charge is -2.07. The highest BCUT2D eigenvalue weighted by molar-refractivity contribution is 6.38. The van der Waals surface area contributed by atoms with Crippen molar-refractivity contribution in [3.8, 4) is 0 Å². The van der Waals surface area contributed by atoms with Gasteiger partial charge in [-0.25, -0.2) is 4.79 Å². The molecule has 5 nitrogen and oxygen atoms in total. The summed E-state index contributed by atoms with van der Waals surface area (Å²) in [5.41, 5.74) is 1.66. The van der Waals surface area contributed by atoms with E-state index in [1.54, 1.807) is 18.3 Å². The van der Waals surface area contributed by atoms with Crippen LogP contribution in [0.2, 0.25) is 10.0 Å². The van der Waals surface area contributed by atoms with E-state index in [-0.39, 0.29) is 11.9 Å². The largest absolute Gasteiger partial charge is 0.360 e. The minimum atomic E-state index is -0.552. The molecule has 3 rings (SSSR count). The molecule has 2 heterocycles. The van der Waals surface area contributed by atoms with Gasteiger partial charge in [-0.1, -0.05) is 23.2 Å². The van der Waals surface area contributed by atoms with Gasteiger partial charge in [0, 0.05) is 30.1 Å². The summed E-state index contributed by atoms with van der Waals surface area (Å²) in [5, 5.41) is 4.56. The molecule has 3 amide bonds. The molecule has 0 unspecified atom stereocenters. The molecule has 1 saturated heterocycles. The van der Waals surface area contributed by atoms with Crippen molar-refractivity contribution in [1.82, 2.24) is 15.2 Å². The average molecular weight is 312 g/mol. The number of rotatable bonds is 2. The van der Waals surface area contributed by atoms with E-state index < -0.39 is 6.04 Å². The number of aromatic nitrogens is 1. The van der Waals surface area contributed by atoms with E-state index in [2.05, 4.69) is 10.3 Å². The van der Waals surface area contributed by atoms with E-state index in [1.807, 2.05) is 0 Å². The molecule has 20 heavy (non-hydrogen) atoms. The Morgan fingerprint density at radius 1 is 1.30 bits per heavy atom. The van der Waals surface area contributed by atoms with Gasteiger partial charge in [0.25, 0.3) is 5.91 Å². The Hall–Kier alpha value is -1.72. The third kappa shape index (κ3) is 2.03. The Labute approximate surface area is 124 Å². The number of benzene rings is 1. The van der Waals surface area contributed by atoms with Crippen LogP contribution in [0.5, 0.6) is 0 Å². The Morgan fingerprint density at radius 2 is 2.05 bits per heavy atom. The van der Waals surface area contributed by atoms with Crippen LogP contribution >= 0.6 is 23.2 Å². The van der Waals surface area contributed by atoms with Crippen LogP contribution in [-0.4, -0.2) is 34.9 Å². The van der Waals surface area contributed by atoms with Crippen LogP contribution < -0.4 is 5.32 Å². The number of halogens is 2. The first-order chi connectivity index (χ1) is 9.47. The van der Waals surface area contributed by atoms with Crippen molar-refractivity contribution in [1.29, 1.82) is 0 Å². The number of amides is 3. The van der Waals surface area contributed by atoms with Crippen molar-refractivity contribution in [2.24, 2.45) is 0 Å². The van der Waals surface area contributed by atoms with E-state index in [0.29, 0.717) is 16.5 Å². The highest BCUT2D eigenvalue weighted by Gasteiger charge is 2.35. The lowest BCUT2D eigenvalue weighted by Crippen LogP contribution is -2.31. The number of nitrogens with one attached hydrogen (secondary N) is 2. The van der Waals surface area contributed by atoms with Gasteiger partial charge in [-0.05, 0) is 17.7 Å². The zero-order valence-corrected chi connectivity index (χ0v) is 12.0. The number of carbonyl (C=O) groups excluding carboxylic acids is 2. The van der Waals surface area contributed by atoms with E-state index in [4.69, 9.17) is 23.2 Å². The molecular weight excluding hydrogens is 301 g/mol. The highest BCUT2D eigenvalue weighted by atomic mass is 35.5. The van der Waals surface area contributed by atoms with E-state index >= 15 is 0 Å². The Morgan fingerprint density at radius 3 is 2.70 bits per heavy atom. The highest BCUT2D eigenvalue weighted by Crippen LogP contribution is 2.30. The molecule has 2 N–H and O–H groups in total. The normalized spacial score (nSPS) is 18.9. The molecule has 0 aliphatic carbocycles. The van der Waals surface area contributed by atoms with Crippen molar-refractivity contribution < 1.29 is 9.59 Å². The monoisotopic (exact) mass is 311 g/mol. The van der Waals surface area contributed by atoms with Gasteiger partial charge in [-0.15, -0.1) is 0 Å². The lowest BCUT2D eigenvalue weighted by atomic mass is 10.1. The number of aromatic amines is 1. The molecule has 0 spiro atoms. The first-order valence-electron chi connectivity index (χ1n) is 6.00. The molecule has 1 aromatic heterocycles. The topological polar surface area (TPSA) is 65.2 Å². The van der Waals surface area contributed by atoms with Gasteiger partial charge in [0.2, 0.25) is 0 Å². The van der Waals surface area contributed by atoms with Gasteiger partial charge in [-0.2, -0.15) is 0 Å². The number of imide groups is 1. The molecule has 0 saturated carbocycles. The predicted molar refractivity (Wildman–Crippen MR) is 77.1 cm³/mol. The minimum absolute atomic E-state index is 0.238. The number of likely N-dealkylation sites (N-methyl/N-ethyl adjacent to an activating group) is 1. The summed E-state index contributed by atoms with van der Waals surface area (Å²) < 4.78 is 0. The second-order valence-corrected chi connectivity index (χ2v) is 5.57. The Balaban J connectivity index is 1.96. The quantitative estimate of drug-likeness (QED) is 0.837. The Kier molecular flexibility index (Phi) is 3.11. The van der Waals surface area contributed by atoms with Gasteiger partial charge >= 0.3 is 6.03 Å². The van der Waals surface area contributed by atoms with Crippen LogP contribution in [0.15, 0.2) is 18.3 Å². The van der Waals surface area contributed by atoms with E-state index in [1.165, 1.54) is 7.05 Å². The number of hydrogen-bond donors (Lipinski definition) is 2. The van der Waals surface area contributed by atoms with Crippen LogP contribution in [0, 0.1) is 0 Å². The van der Waals surface area contributed by atoms with E-state index in [0.717, 1.165) is 21.4 Å². The van der Waals surface area contributed by atoms with Crippen LogP contribution in [0.4, 0.5) is 4.79 Å². The standard InChI is InChI=1S/C13H11Cl2N3O2/c1-18-12(19)10(17-13(18)20)2-6-5-16-11-8(6)3-7(14)4-9(11)15/h3-5,10,16H,2H2,1H3,(H,17,20)/t10-/m1/s1. The van der Waals surface area contributed by atoms with Gasteiger partial charge in [-0.3, -0.25) is 9.69 Å². The third-order valence-electron chi connectivity index (χ3n) is 3.45.